The second kappa shape index (κ2) is 4.43. The number of ether oxygens (including phenoxy) is 2. The van der Waals surface area contributed by atoms with Gasteiger partial charge in [-0.2, -0.15) is 0 Å². The monoisotopic (exact) mass is 232 g/mol. The summed E-state index contributed by atoms with van der Waals surface area (Å²) in [5, 5.41) is 0. The molecule has 0 bridgehead atoms. The molecule has 0 aromatic heterocycles. The molecule has 1 aromatic rings. The van der Waals surface area contributed by atoms with Crippen molar-refractivity contribution < 1.29 is 9.47 Å². The molecule has 1 aromatic carbocycles. The van der Waals surface area contributed by atoms with Crippen LogP contribution in [0.2, 0.25) is 0 Å². The van der Waals surface area contributed by atoms with Gasteiger partial charge in [-0.1, -0.05) is 30.3 Å². The third-order valence-corrected chi connectivity index (χ3v) is 3.94. The summed E-state index contributed by atoms with van der Waals surface area (Å²) in [7, 11) is 0. The molecule has 1 aliphatic carbocycles. The Bertz CT molecular complexity index is 368. The van der Waals surface area contributed by atoms with Gasteiger partial charge in [0.05, 0.1) is 12.2 Å². The minimum absolute atomic E-state index is 0.216. The van der Waals surface area contributed by atoms with Gasteiger partial charge in [-0.05, 0) is 25.3 Å². The van der Waals surface area contributed by atoms with Crippen molar-refractivity contribution in [2.24, 2.45) is 0 Å². The molecule has 2 atom stereocenters. The molecule has 0 radical (unpaired) electrons. The molecule has 3 rings (SSSR count). The molecule has 1 heterocycles. The summed E-state index contributed by atoms with van der Waals surface area (Å²) in [6.45, 7) is 2.14. The van der Waals surface area contributed by atoms with E-state index in [-0.39, 0.29) is 18.0 Å². The van der Waals surface area contributed by atoms with E-state index in [4.69, 9.17) is 9.47 Å². The van der Waals surface area contributed by atoms with Crippen LogP contribution in [0.25, 0.3) is 0 Å². The molecule has 1 aliphatic heterocycles. The molecule has 2 unspecified atom stereocenters. The van der Waals surface area contributed by atoms with Gasteiger partial charge in [0.1, 0.15) is 0 Å². The fraction of sp³-hybridized carbons (Fsp3) is 0.600. The van der Waals surface area contributed by atoms with Gasteiger partial charge in [0.15, 0.2) is 5.79 Å². The van der Waals surface area contributed by atoms with Crippen LogP contribution in [-0.2, 0) is 15.9 Å². The van der Waals surface area contributed by atoms with Crippen LogP contribution in [0.5, 0.6) is 0 Å². The summed E-state index contributed by atoms with van der Waals surface area (Å²) in [6.07, 6.45) is 6.02. The van der Waals surface area contributed by atoms with E-state index in [1.54, 1.807) is 0 Å². The van der Waals surface area contributed by atoms with Gasteiger partial charge in [-0.15, -0.1) is 0 Å². The van der Waals surface area contributed by atoms with Gasteiger partial charge in [0.2, 0.25) is 0 Å². The second-order valence-corrected chi connectivity index (χ2v) is 5.29. The van der Waals surface area contributed by atoms with Crippen LogP contribution in [-0.4, -0.2) is 18.0 Å². The van der Waals surface area contributed by atoms with Gasteiger partial charge in [-0.25, -0.2) is 0 Å². The van der Waals surface area contributed by atoms with Gasteiger partial charge < -0.3 is 9.47 Å². The summed E-state index contributed by atoms with van der Waals surface area (Å²) >= 11 is 0. The predicted octanol–water partition coefficient (Wildman–Crippen LogP) is 3.30. The fourth-order valence-electron chi connectivity index (χ4n) is 3.02. The van der Waals surface area contributed by atoms with Crippen LogP contribution in [0.15, 0.2) is 30.3 Å². The van der Waals surface area contributed by atoms with Crippen LogP contribution >= 0.6 is 0 Å². The Hall–Kier alpha value is -0.860. The molecule has 0 amide bonds. The van der Waals surface area contributed by atoms with Crippen LogP contribution in [0.1, 0.15) is 38.2 Å². The van der Waals surface area contributed by atoms with E-state index < -0.39 is 0 Å². The van der Waals surface area contributed by atoms with Crippen molar-refractivity contribution in [3.05, 3.63) is 35.9 Å². The van der Waals surface area contributed by atoms with E-state index in [1.807, 2.05) is 0 Å². The molecule has 2 fully saturated rings. The van der Waals surface area contributed by atoms with E-state index in [9.17, 15) is 0 Å². The topological polar surface area (TPSA) is 18.5 Å². The van der Waals surface area contributed by atoms with Crippen molar-refractivity contribution in [2.45, 2.75) is 57.0 Å². The summed E-state index contributed by atoms with van der Waals surface area (Å²) < 4.78 is 12.3. The van der Waals surface area contributed by atoms with Gasteiger partial charge in [0.25, 0.3) is 0 Å². The molecule has 1 saturated carbocycles. The first kappa shape index (κ1) is 11.2. The summed E-state index contributed by atoms with van der Waals surface area (Å²) in [6, 6.07) is 10.5. The first-order valence-corrected chi connectivity index (χ1v) is 6.67. The van der Waals surface area contributed by atoms with Crippen molar-refractivity contribution in [3.63, 3.8) is 0 Å². The van der Waals surface area contributed by atoms with E-state index in [0.717, 1.165) is 19.3 Å². The third-order valence-electron chi connectivity index (χ3n) is 3.94. The zero-order chi connectivity index (χ0) is 11.7. The SMILES string of the molecule is CC1OC2(CCCC2)OC1Cc1ccccc1. The summed E-state index contributed by atoms with van der Waals surface area (Å²) in [5.74, 6) is -0.237. The molecule has 0 N–H and O–H groups in total. The Balaban J connectivity index is 1.68. The van der Waals surface area contributed by atoms with E-state index >= 15 is 0 Å². The lowest BCUT2D eigenvalue weighted by atomic mass is 10.1. The minimum Gasteiger partial charge on any atom is -0.344 e. The van der Waals surface area contributed by atoms with Crippen LogP contribution in [0, 0.1) is 0 Å². The Kier molecular flexibility index (Phi) is 2.93. The van der Waals surface area contributed by atoms with Crippen molar-refractivity contribution >= 4 is 0 Å². The molecule has 92 valence electrons. The molecule has 2 nitrogen and oxygen atoms in total. The van der Waals surface area contributed by atoms with Crippen LogP contribution in [0.4, 0.5) is 0 Å². The molecule has 1 saturated heterocycles. The lowest BCUT2D eigenvalue weighted by Gasteiger charge is -2.21. The minimum atomic E-state index is -0.237. The highest BCUT2D eigenvalue weighted by Gasteiger charge is 2.47. The van der Waals surface area contributed by atoms with Gasteiger partial charge in [-0.3, -0.25) is 0 Å². The first-order chi connectivity index (χ1) is 8.27. The van der Waals surface area contributed by atoms with Gasteiger partial charge >= 0.3 is 0 Å². The van der Waals surface area contributed by atoms with Crippen LogP contribution < -0.4 is 0 Å². The smallest absolute Gasteiger partial charge is 0.169 e. The zero-order valence-electron chi connectivity index (χ0n) is 10.4. The fourth-order valence-corrected chi connectivity index (χ4v) is 3.02. The summed E-state index contributed by atoms with van der Waals surface area (Å²) in [4.78, 5) is 0. The Morgan fingerprint density at radius 2 is 1.82 bits per heavy atom. The molecule has 17 heavy (non-hydrogen) atoms. The Labute approximate surface area is 103 Å². The standard InChI is InChI=1S/C15H20O2/c1-12-14(11-13-7-3-2-4-8-13)17-15(16-12)9-5-6-10-15/h2-4,7-8,12,14H,5-6,9-11H2,1H3. The lowest BCUT2D eigenvalue weighted by molar-refractivity contribution is -0.167. The molecule has 2 heteroatoms. The molecule has 2 aliphatic rings. The summed E-state index contributed by atoms with van der Waals surface area (Å²) in [5.41, 5.74) is 1.34. The maximum atomic E-state index is 6.20. The number of hydrogen-bond acceptors (Lipinski definition) is 2. The lowest BCUT2D eigenvalue weighted by Crippen LogP contribution is -2.27. The van der Waals surface area contributed by atoms with Crippen molar-refractivity contribution in [1.82, 2.24) is 0 Å². The molecular formula is C15H20O2. The normalized spacial score (nSPS) is 31.1. The number of benzene rings is 1. The third kappa shape index (κ3) is 2.24. The highest BCUT2D eigenvalue weighted by atomic mass is 16.8. The molecule has 1 spiro atoms. The van der Waals surface area contributed by atoms with Gasteiger partial charge in [0, 0.05) is 19.3 Å². The first-order valence-electron chi connectivity index (χ1n) is 6.67. The quantitative estimate of drug-likeness (QED) is 0.779. The Morgan fingerprint density at radius 1 is 1.12 bits per heavy atom. The second-order valence-electron chi connectivity index (χ2n) is 5.29. The Morgan fingerprint density at radius 3 is 2.53 bits per heavy atom. The molecular weight excluding hydrogens is 212 g/mol. The van der Waals surface area contributed by atoms with E-state index in [1.165, 1.54) is 18.4 Å². The zero-order valence-corrected chi connectivity index (χ0v) is 10.4. The highest BCUT2D eigenvalue weighted by molar-refractivity contribution is 5.16. The maximum Gasteiger partial charge on any atom is 0.169 e. The van der Waals surface area contributed by atoms with E-state index in [2.05, 4.69) is 37.3 Å². The highest BCUT2D eigenvalue weighted by Crippen LogP contribution is 2.42. The van der Waals surface area contributed by atoms with Crippen molar-refractivity contribution in [2.75, 3.05) is 0 Å². The largest absolute Gasteiger partial charge is 0.344 e. The average molecular weight is 232 g/mol. The predicted molar refractivity (Wildman–Crippen MR) is 66.8 cm³/mol. The van der Waals surface area contributed by atoms with Crippen LogP contribution in [0.3, 0.4) is 0 Å². The maximum absolute atomic E-state index is 6.20. The average Bonchev–Trinajstić information content (AvgIpc) is 2.89. The van der Waals surface area contributed by atoms with Crippen molar-refractivity contribution in [1.29, 1.82) is 0 Å². The number of hydrogen-bond donors (Lipinski definition) is 0. The number of rotatable bonds is 2. The van der Waals surface area contributed by atoms with Crippen molar-refractivity contribution in [3.8, 4) is 0 Å². The van der Waals surface area contributed by atoms with E-state index in [0.29, 0.717) is 0 Å².